The molecule has 1 heterocycles. The van der Waals surface area contributed by atoms with Crippen LogP contribution in [0.2, 0.25) is 0 Å². The van der Waals surface area contributed by atoms with E-state index in [1.807, 2.05) is 18.2 Å². The Kier molecular flexibility index (Phi) is 2.81. The molecule has 0 saturated heterocycles. The maximum atomic E-state index is 10.9. The molecule has 3 heteroatoms. The van der Waals surface area contributed by atoms with Gasteiger partial charge in [-0.2, -0.15) is 5.10 Å². The Morgan fingerprint density at radius 2 is 2.13 bits per heavy atom. The van der Waals surface area contributed by atoms with Crippen LogP contribution in [0.15, 0.2) is 35.4 Å². The number of hydrogen-bond acceptors (Lipinski definition) is 2. The van der Waals surface area contributed by atoms with Gasteiger partial charge < -0.3 is 0 Å². The second-order valence-electron chi connectivity index (χ2n) is 3.91. The molecule has 0 saturated carbocycles. The molecule has 3 nitrogen and oxygen atoms in total. The molecule has 0 aromatic heterocycles. The van der Waals surface area contributed by atoms with E-state index in [1.165, 1.54) is 5.56 Å². The minimum Gasteiger partial charge on any atom is -0.273 e. The average molecular weight is 202 g/mol. The summed E-state index contributed by atoms with van der Waals surface area (Å²) in [6, 6.07) is 10.3. The fourth-order valence-corrected chi connectivity index (χ4v) is 1.78. The summed E-state index contributed by atoms with van der Waals surface area (Å²) >= 11 is 0. The Hall–Kier alpha value is -1.64. The van der Waals surface area contributed by atoms with Gasteiger partial charge >= 0.3 is 0 Å². The highest BCUT2D eigenvalue weighted by Gasteiger charge is 2.17. The van der Waals surface area contributed by atoms with Gasteiger partial charge in [0.05, 0.1) is 6.42 Å². The quantitative estimate of drug-likeness (QED) is 0.800. The van der Waals surface area contributed by atoms with Crippen LogP contribution in [0, 0.1) is 0 Å². The number of hydrazone groups is 1. The predicted molar refractivity (Wildman–Crippen MR) is 59.7 cm³/mol. The van der Waals surface area contributed by atoms with Crippen molar-refractivity contribution in [3.8, 4) is 0 Å². The van der Waals surface area contributed by atoms with E-state index in [0.29, 0.717) is 12.3 Å². The van der Waals surface area contributed by atoms with E-state index < -0.39 is 0 Å². The van der Waals surface area contributed by atoms with Crippen LogP contribution in [-0.4, -0.2) is 11.6 Å². The molecule has 1 amide bonds. The van der Waals surface area contributed by atoms with Crippen molar-refractivity contribution >= 4 is 11.6 Å². The molecule has 0 radical (unpaired) electrons. The molecule has 1 atom stereocenters. The molecule has 78 valence electrons. The van der Waals surface area contributed by atoms with Crippen LogP contribution < -0.4 is 5.43 Å². The van der Waals surface area contributed by atoms with Crippen LogP contribution in [-0.2, 0) is 4.79 Å². The zero-order valence-corrected chi connectivity index (χ0v) is 8.73. The van der Waals surface area contributed by atoms with Crippen LogP contribution in [0.3, 0.4) is 0 Å². The SMILES string of the molecule is CC(CC1=NNC(=O)C1)c1ccccc1. The van der Waals surface area contributed by atoms with Crippen molar-refractivity contribution in [2.45, 2.75) is 25.7 Å². The summed E-state index contributed by atoms with van der Waals surface area (Å²) in [4.78, 5) is 10.9. The highest BCUT2D eigenvalue weighted by molar-refractivity contribution is 6.05. The molecule has 2 rings (SSSR count). The van der Waals surface area contributed by atoms with Gasteiger partial charge in [0.15, 0.2) is 0 Å². The number of carbonyl (C=O) groups excluding carboxylic acids is 1. The lowest BCUT2D eigenvalue weighted by Gasteiger charge is -2.10. The first-order chi connectivity index (χ1) is 7.25. The maximum Gasteiger partial charge on any atom is 0.245 e. The van der Waals surface area contributed by atoms with Gasteiger partial charge in [-0.15, -0.1) is 0 Å². The van der Waals surface area contributed by atoms with Crippen LogP contribution in [0.4, 0.5) is 0 Å². The molecule has 1 N–H and O–H groups in total. The second kappa shape index (κ2) is 4.26. The number of benzene rings is 1. The van der Waals surface area contributed by atoms with Crippen LogP contribution in [0.1, 0.15) is 31.2 Å². The van der Waals surface area contributed by atoms with Crippen LogP contribution in [0.5, 0.6) is 0 Å². The Morgan fingerprint density at radius 1 is 1.40 bits per heavy atom. The number of nitrogens with zero attached hydrogens (tertiary/aromatic N) is 1. The molecule has 1 aliphatic rings. The molecule has 0 fully saturated rings. The first-order valence-electron chi connectivity index (χ1n) is 5.15. The van der Waals surface area contributed by atoms with Crippen molar-refractivity contribution in [1.82, 2.24) is 5.43 Å². The standard InChI is InChI=1S/C12H14N2O/c1-9(10-5-3-2-4-6-10)7-11-8-12(15)14-13-11/h2-6,9H,7-8H2,1H3,(H,14,15). The van der Waals surface area contributed by atoms with Gasteiger partial charge in [0.1, 0.15) is 0 Å². The van der Waals surface area contributed by atoms with Crippen molar-refractivity contribution in [1.29, 1.82) is 0 Å². The van der Waals surface area contributed by atoms with E-state index >= 15 is 0 Å². The van der Waals surface area contributed by atoms with E-state index in [9.17, 15) is 4.79 Å². The smallest absolute Gasteiger partial charge is 0.245 e. The summed E-state index contributed by atoms with van der Waals surface area (Å²) in [5.41, 5.74) is 4.72. The van der Waals surface area contributed by atoms with Gasteiger partial charge in [0.25, 0.3) is 0 Å². The molecular formula is C12H14N2O. The lowest BCUT2D eigenvalue weighted by Crippen LogP contribution is -2.09. The van der Waals surface area contributed by atoms with Gasteiger partial charge in [-0.1, -0.05) is 37.3 Å². The van der Waals surface area contributed by atoms with Crippen molar-refractivity contribution in [2.75, 3.05) is 0 Å². The van der Waals surface area contributed by atoms with Crippen molar-refractivity contribution in [3.63, 3.8) is 0 Å². The third-order valence-corrected chi connectivity index (χ3v) is 2.61. The molecule has 1 aliphatic heterocycles. The van der Waals surface area contributed by atoms with Gasteiger partial charge in [0.2, 0.25) is 5.91 Å². The molecule has 0 bridgehead atoms. The van der Waals surface area contributed by atoms with Gasteiger partial charge in [-0.3, -0.25) is 4.79 Å². The molecule has 1 aromatic rings. The fourth-order valence-electron chi connectivity index (χ4n) is 1.78. The molecule has 1 unspecified atom stereocenters. The Balaban J connectivity index is 1.99. The molecular weight excluding hydrogens is 188 g/mol. The van der Waals surface area contributed by atoms with Crippen molar-refractivity contribution in [2.24, 2.45) is 5.10 Å². The van der Waals surface area contributed by atoms with Crippen molar-refractivity contribution in [3.05, 3.63) is 35.9 Å². The minimum absolute atomic E-state index is 0.00487. The molecule has 0 spiro atoms. The molecule has 15 heavy (non-hydrogen) atoms. The summed E-state index contributed by atoms with van der Waals surface area (Å²) < 4.78 is 0. The minimum atomic E-state index is 0.00487. The lowest BCUT2D eigenvalue weighted by atomic mass is 9.95. The number of nitrogens with one attached hydrogen (secondary N) is 1. The Morgan fingerprint density at radius 3 is 2.73 bits per heavy atom. The predicted octanol–water partition coefficient (Wildman–Crippen LogP) is 2.06. The van der Waals surface area contributed by atoms with Crippen LogP contribution in [0.25, 0.3) is 0 Å². The maximum absolute atomic E-state index is 10.9. The third kappa shape index (κ3) is 2.43. The lowest BCUT2D eigenvalue weighted by molar-refractivity contribution is -0.119. The highest BCUT2D eigenvalue weighted by atomic mass is 16.2. The van der Waals surface area contributed by atoms with Gasteiger partial charge in [-0.05, 0) is 17.9 Å². The van der Waals surface area contributed by atoms with E-state index in [-0.39, 0.29) is 5.91 Å². The summed E-state index contributed by atoms with van der Waals surface area (Å²) in [6.07, 6.45) is 1.31. The first-order valence-corrected chi connectivity index (χ1v) is 5.15. The summed E-state index contributed by atoms with van der Waals surface area (Å²) in [5, 5.41) is 4.00. The normalized spacial score (nSPS) is 17.1. The van der Waals surface area contributed by atoms with Crippen molar-refractivity contribution < 1.29 is 4.79 Å². The summed E-state index contributed by atoms with van der Waals surface area (Å²) in [5.74, 6) is 0.419. The zero-order chi connectivity index (χ0) is 10.7. The van der Waals surface area contributed by atoms with E-state index in [2.05, 4.69) is 29.6 Å². The first kappa shape index (κ1) is 9.90. The summed E-state index contributed by atoms with van der Waals surface area (Å²) in [6.45, 7) is 2.15. The fraction of sp³-hybridized carbons (Fsp3) is 0.333. The second-order valence-corrected chi connectivity index (χ2v) is 3.91. The van der Waals surface area contributed by atoms with Gasteiger partial charge in [0, 0.05) is 5.71 Å². The number of hydrogen-bond donors (Lipinski definition) is 1. The van der Waals surface area contributed by atoms with Crippen LogP contribution >= 0.6 is 0 Å². The monoisotopic (exact) mass is 202 g/mol. The van der Waals surface area contributed by atoms with E-state index in [4.69, 9.17) is 0 Å². The number of amides is 1. The zero-order valence-electron chi connectivity index (χ0n) is 8.73. The van der Waals surface area contributed by atoms with Gasteiger partial charge in [-0.25, -0.2) is 5.43 Å². The Bertz CT molecular complexity index is 384. The topological polar surface area (TPSA) is 41.5 Å². The average Bonchev–Trinajstić information content (AvgIpc) is 2.65. The largest absolute Gasteiger partial charge is 0.273 e. The van der Waals surface area contributed by atoms with E-state index in [1.54, 1.807) is 0 Å². The van der Waals surface area contributed by atoms with E-state index in [0.717, 1.165) is 12.1 Å². The molecule has 1 aromatic carbocycles. The number of rotatable bonds is 3. The highest BCUT2D eigenvalue weighted by Crippen LogP contribution is 2.20. The Labute approximate surface area is 89.2 Å². The summed E-state index contributed by atoms with van der Waals surface area (Å²) in [7, 11) is 0. The number of carbonyl (C=O) groups is 1. The molecule has 0 aliphatic carbocycles. The third-order valence-electron chi connectivity index (χ3n) is 2.61.